The van der Waals surface area contributed by atoms with Crippen LogP contribution in [0.2, 0.25) is 5.02 Å². The van der Waals surface area contributed by atoms with Gasteiger partial charge in [0.25, 0.3) is 11.8 Å². The van der Waals surface area contributed by atoms with Gasteiger partial charge in [-0.25, -0.2) is 0 Å². The molecule has 8 nitrogen and oxygen atoms in total. The van der Waals surface area contributed by atoms with E-state index in [9.17, 15) is 19.5 Å². The van der Waals surface area contributed by atoms with Gasteiger partial charge in [-0.15, -0.1) is 0 Å². The summed E-state index contributed by atoms with van der Waals surface area (Å²) in [5.41, 5.74) is 3.91. The van der Waals surface area contributed by atoms with E-state index in [1.807, 2.05) is 24.3 Å². The second-order valence-corrected chi connectivity index (χ2v) is 10.8. The Balaban J connectivity index is 1.45. The van der Waals surface area contributed by atoms with E-state index < -0.39 is 11.9 Å². The van der Waals surface area contributed by atoms with Crippen molar-refractivity contribution in [3.63, 3.8) is 0 Å². The summed E-state index contributed by atoms with van der Waals surface area (Å²) in [7, 11) is 1.63. The number of carbonyl (C=O) groups is 3. The fraction of sp³-hybridized carbons (Fsp3) is 0.379. The summed E-state index contributed by atoms with van der Waals surface area (Å²) in [6.07, 6.45) is 5.44. The van der Waals surface area contributed by atoms with Crippen LogP contribution in [0.1, 0.15) is 70.0 Å². The predicted molar refractivity (Wildman–Crippen MR) is 143 cm³/mol. The number of aromatic nitrogens is 2. The lowest BCUT2D eigenvalue weighted by Crippen LogP contribution is -2.54. The minimum absolute atomic E-state index is 0.0373. The summed E-state index contributed by atoms with van der Waals surface area (Å²) in [6.45, 7) is 1.05. The number of allylic oxidation sites excluding steroid dienone is 2. The van der Waals surface area contributed by atoms with Crippen LogP contribution in [-0.2, 0) is 9.53 Å². The molecule has 3 aromatic rings. The second-order valence-electron chi connectivity index (χ2n) is 10.4. The normalized spacial score (nSPS) is 19.8. The molecule has 38 heavy (non-hydrogen) atoms. The van der Waals surface area contributed by atoms with E-state index in [1.54, 1.807) is 30.2 Å². The van der Waals surface area contributed by atoms with Gasteiger partial charge in [-0.1, -0.05) is 29.8 Å². The molecule has 3 aliphatic rings. The highest BCUT2D eigenvalue weighted by Gasteiger charge is 2.34. The van der Waals surface area contributed by atoms with Crippen LogP contribution in [0, 0.1) is 5.92 Å². The molecule has 1 aliphatic heterocycles. The molecule has 9 heteroatoms. The number of carbonyl (C=O) groups excluding carboxylic acids is 2. The molecule has 0 bridgehead atoms. The summed E-state index contributed by atoms with van der Waals surface area (Å²) in [5.74, 6) is -1.38. The van der Waals surface area contributed by atoms with E-state index in [2.05, 4.69) is 0 Å². The van der Waals surface area contributed by atoms with Crippen LogP contribution in [0.5, 0.6) is 0 Å². The summed E-state index contributed by atoms with van der Waals surface area (Å²) in [4.78, 5) is 40.4. The molecule has 1 atom stereocenters. The summed E-state index contributed by atoms with van der Waals surface area (Å²) in [5, 5.41) is 15.3. The van der Waals surface area contributed by atoms with Crippen molar-refractivity contribution in [2.24, 2.45) is 5.92 Å². The molecular formula is C29H28ClN3O5. The van der Waals surface area contributed by atoms with Crippen LogP contribution in [0.4, 0.5) is 0 Å². The lowest BCUT2D eigenvalue weighted by Gasteiger charge is -2.38. The lowest BCUT2D eigenvalue weighted by atomic mass is 9.87. The molecule has 0 unspecified atom stereocenters. The first kappa shape index (κ1) is 24.8. The van der Waals surface area contributed by atoms with Gasteiger partial charge in [0.2, 0.25) is 0 Å². The van der Waals surface area contributed by atoms with Crippen molar-refractivity contribution in [1.29, 1.82) is 0 Å². The van der Waals surface area contributed by atoms with Crippen LogP contribution in [0.25, 0.3) is 16.5 Å². The molecule has 0 radical (unpaired) electrons. The molecule has 1 amide bonds. The zero-order valence-corrected chi connectivity index (χ0v) is 21.8. The molecule has 1 saturated carbocycles. The fourth-order valence-corrected chi connectivity index (χ4v) is 5.72. The summed E-state index contributed by atoms with van der Waals surface area (Å²) < 4.78 is 6.67. The SMILES string of the molecule is COC1CN(C(=O)c2ccc3c(C4=CC[C@@H](C(=O)O)CC4)nn(C(=O)c4c(Cl)cccc4C4CC4)c3c2)C1. The van der Waals surface area contributed by atoms with E-state index in [-0.39, 0.29) is 17.9 Å². The van der Waals surface area contributed by atoms with Gasteiger partial charge in [-0.05, 0) is 73.4 Å². The first-order valence-electron chi connectivity index (χ1n) is 13.0. The Morgan fingerprint density at radius 2 is 1.87 bits per heavy atom. The number of benzene rings is 2. The molecule has 2 aromatic carbocycles. The topological polar surface area (TPSA) is 102 Å². The molecular weight excluding hydrogens is 506 g/mol. The number of carboxylic acids is 1. The number of halogens is 1. The quantitative estimate of drug-likeness (QED) is 0.479. The van der Waals surface area contributed by atoms with Gasteiger partial charge in [-0.3, -0.25) is 14.4 Å². The number of likely N-dealkylation sites (tertiary alicyclic amines) is 1. The molecule has 2 aliphatic carbocycles. The Bertz CT molecular complexity index is 1500. The largest absolute Gasteiger partial charge is 0.481 e. The number of amides is 1. The molecule has 1 aromatic heterocycles. The minimum Gasteiger partial charge on any atom is -0.481 e. The van der Waals surface area contributed by atoms with Gasteiger partial charge in [0.1, 0.15) is 0 Å². The minimum atomic E-state index is -0.804. The Morgan fingerprint density at radius 1 is 1.08 bits per heavy atom. The molecule has 2 fully saturated rings. The maximum absolute atomic E-state index is 14.0. The summed E-state index contributed by atoms with van der Waals surface area (Å²) in [6, 6.07) is 10.9. The Labute approximate surface area is 224 Å². The number of hydrogen-bond acceptors (Lipinski definition) is 5. The molecule has 2 heterocycles. The number of nitrogens with zero attached hydrogens (tertiary/aromatic N) is 3. The van der Waals surface area contributed by atoms with Gasteiger partial charge in [0.15, 0.2) is 0 Å². The van der Waals surface area contributed by atoms with Gasteiger partial charge >= 0.3 is 5.97 Å². The number of carboxylic acid groups (broad SMARTS) is 1. The van der Waals surface area contributed by atoms with Gasteiger partial charge in [0, 0.05) is 31.1 Å². The second kappa shape index (κ2) is 9.67. The fourth-order valence-electron chi connectivity index (χ4n) is 5.46. The maximum Gasteiger partial charge on any atom is 0.306 e. The lowest BCUT2D eigenvalue weighted by molar-refractivity contribution is -0.141. The van der Waals surface area contributed by atoms with Crippen molar-refractivity contribution in [3.8, 4) is 0 Å². The van der Waals surface area contributed by atoms with E-state index >= 15 is 0 Å². The van der Waals surface area contributed by atoms with Crippen molar-refractivity contribution >= 4 is 45.9 Å². The van der Waals surface area contributed by atoms with Gasteiger partial charge < -0.3 is 14.7 Å². The molecule has 196 valence electrons. The first-order valence-corrected chi connectivity index (χ1v) is 13.3. The number of methoxy groups -OCH3 is 1. The standard InChI is InChI=1S/C29H28ClN3O5/c1-38-20-14-32(15-20)27(34)19-11-12-22-24(13-19)33(31-26(22)17-7-9-18(10-8-17)29(36)37)28(35)25-21(16-5-6-16)3-2-4-23(25)30/h2-4,7,11-13,16,18,20H,5-6,8-10,14-15H2,1H3,(H,36,37)/t18-/m1/s1. The van der Waals surface area contributed by atoms with Crippen LogP contribution in [-0.4, -0.2) is 63.9 Å². The van der Waals surface area contributed by atoms with Crippen LogP contribution >= 0.6 is 11.6 Å². The van der Waals surface area contributed by atoms with E-state index in [0.29, 0.717) is 65.6 Å². The first-order chi connectivity index (χ1) is 18.4. The van der Waals surface area contributed by atoms with E-state index in [4.69, 9.17) is 21.4 Å². The molecule has 1 N–H and O–H groups in total. The average molecular weight is 534 g/mol. The Kier molecular flexibility index (Phi) is 6.32. The highest BCUT2D eigenvalue weighted by Crippen LogP contribution is 2.43. The predicted octanol–water partition coefficient (Wildman–Crippen LogP) is 4.99. The number of fused-ring (bicyclic) bond motifs is 1. The van der Waals surface area contributed by atoms with Crippen molar-refractivity contribution in [3.05, 3.63) is 69.9 Å². The average Bonchev–Trinajstić information content (AvgIpc) is 3.67. The third kappa shape index (κ3) is 4.31. The highest BCUT2D eigenvalue weighted by molar-refractivity contribution is 6.34. The van der Waals surface area contributed by atoms with Crippen LogP contribution in [0.3, 0.4) is 0 Å². The third-order valence-electron chi connectivity index (χ3n) is 7.93. The zero-order chi connectivity index (χ0) is 26.6. The Morgan fingerprint density at radius 3 is 2.53 bits per heavy atom. The van der Waals surface area contributed by atoms with Crippen molar-refractivity contribution in [2.75, 3.05) is 20.2 Å². The Hall–Kier alpha value is -3.49. The number of hydrogen-bond donors (Lipinski definition) is 1. The zero-order valence-electron chi connectivity index (χ0n) is 21.0. The number of ether oxygens (including phenoxy) is 1. The summed E-state index contributed by atoms with van der Waals surface area (Å²) >= 11 is 6.57. The van der Waals surface area contributed by atoms with E-state index in [1.165, 1.54) is 4.68 Å². The van der Waals surface area contributed by atoms with Crippen molar-refractivity contribution < 1.29 is 24.2 Å². The molecule has 1 saturated heterocycles. The monoisotopic (exact) mass is 533 g/mol. The highest BCUT2D eigenvalue weighted by atomic mass is 35.5. The smallest absolute Gasteiger partial charge is 0.306 e. The third-order valence-corrected chi connectivity index (χ3v) is 8.25. The van der Waals surface area contributed by atoms with Crippen molar-refractivity contribution in [2.45, 2.75) is 44.1 Å². The van der Waals surface area contributed by atoms with Gasteiger partial charge in [0.05, 0.1) is 33.8 Å². The van der Waals surface area contributed by atoms with Crippen LogP contribution in [0.15, 0.2) is 42.5 Å². The number of rotatable bonds is 6. The molecule has 0 spiro atoms. The number of aliphatic carboxylic acids is 1. The van der Waals surface area contributed by atoms with Crippen LogP contribution < -0.4 is 0 Å². The maximum atomic E-state index is 14.0. The van der Waals surface area contributed by atoms with Gasteiger partial charge in [-0.2, -0.15) is 9.78 Å². The molecule has 6 rings (SSSR count). The van der Waals surface area contributed by atoms with E-state index in [0.717, 1.165) is 29.4 Å². The van der Waals surface area contributed by atoms with Crippen molar-refractivity contribution in [1.82, 2.24) is 14.7 Å².